The van der Waals surface area contributed by atoms with Gasteiger partial charge in [0.15, 0.2) is 5.76 Å². The molecule has 2 heterocycles. The van der Waals surface area contributed by atoms with Crippen molar-refractivity contribution in [2.24, 2.45) is 0 Å². The predicted molar refractivity (Wildman–Crippen MR) is 107 cm³/mol. The fourth-order valence-electron chi connectivity index (χ4n) is 2.85. The number of aromatic nitrogens is 2. The van der Waals surface area contributed by atoms with Crippen LogP contribution in [-0.4, -0.2) is 39.4 Å². The second kappa shape index (κ2) is 9.16. The molecule has 2 aromatic heterocycles. The van der Waals surface area contributed by atoms with Gasteiger partial charge in [0.25, 0.3) is 11.5 Å². The maximum atomic E-state index is 12.4. The smallest absolute Gasteiger partial charge is 0.305 e. The van der Waals surface area contributed by atoms with Crippen LogP contribution in [0.25, 0.3) is 10.9 Å². The number of amides is 2. The summed E-state index contributed by atoms with van der Waals surface area (Å²) in [6.45, 7) is 6.17. The van der Waals surface area contributed by atoms with E-state index in [4.69, 9.17) is 4.42 Å². The van der Waals surface area contributed by atoms with Gasteiger partial charge in [-0.1, -0.05) is 26.0 Å². The average Bonchev–Trinajstić information content (AvgIpc) is 3.21. The number of para-hydroxylation sites is 1. The van der Waals surface area contributed by atoms with E-state index in [1.807, 2.05) is 13.8 Å². The van der Waals surface area contributed by atoms with Crippen LogP contribution in [0.2, 0.25) is 0 Å². The van der Waals surface area contributed by atoms with Gasteiger partial charge in [0.2, 0.25) is 0 Å². The Hall–Kier alpha value is -3.46. The van der Waals surface area contributed by atoms with E-state index in [1.54, 1.807) is 36.4 Å². The molecule has 9 nitrogen and oxygen atoms in total. The Morgan fingerprint density at radius 3 is 2.62 bits per heavy atom. The predicted octanol–water partition coefficient (Wildman–Crippen LogP) is 1.29. The summed E-state index contributed by atoms with van der Waals surface area (Å²) in [6.07, 6.45) is 1.30. The van der Waals surface area contributed by atoms with Gasteiger partial charge in [0.1, 0.15) is 12.3 Å². The summed E-state index contributed by atoms with van der Waals surface area (Å²) in [7, 11) is 0. The van der Waals surface area contributed by atoms with E-state index in [0.717, 1.165) is 13.1 Å². The molecule has 0 aliphatic rings. The second-order valence-electron chi connectivity index (χ2n) is 6.42. The van der Waals surface area contributed by atoms with E-state index in [0.29, 0.717) is 23.2 Å². The molecule has 0 saturated heterocycles. The third kappa shape index (κ3) is 4.88. The summed E-state index contributed by atoms with van der Waals surface area (Å²) in [5.41, 5.74) is 4.80. The molecule has 0 aliphatic heterocycles. The first-order valence-corrected chi connectivity index (χ1v) is 9.36. The Balaban J connectivity index is 1.57. The van der Waals surface area contributed by atoms with Gasteiger partial charge in [0, 0.05) is 0 Å². The molecule has 0 unspecified atom stereocenters. The van der Waals surface area contributed by atoms with Gasteiger partial charge in [-0.05, 0) is 37.4 Å². The van der Waals surface area contributed by atoms with Gasteiger partial charge in [-0.25, -0.2) is 4.98 Å². The number of nitrogens with one attached hydrogen (secondary N) is 2. The first-order chi connectivity index (χ1) is 14.0. The number of fused-ring (bicyclic) bond motifs is 1. The number of carbonyl (C=O) groups excluding carboxylic acids is 2. The Morgan fingerprint density at radius 1 is 1.10 bits per heavy atom. The molecule has 9 heteroatoms. The summed E-state index contributed by atoms with van der Waals surface area (Å²) in [5, 5.41) is 0.420. The Morgan fingerprint density at radius 2 is 1.86 bits per heavy atom. The molecular formula is C20H23N5O4. The summed E-state index contributed by atoms with van der Waals surface area (Å²) < 4.78 is 6.71. The minimum Gasteiger partial charge on any atom is -0.454 e. The third-order valence-electron chi connectivity index (χ3n) is 4.52. The number of hydrazine groups is 1. The molecule has 0 radical (unpaired) electrons. The summed E-state index contributed by atoms with van der Waals surface area (Å²) >= 11 is 0. The van der Waals surface area contributed by atoms with Gasteiger partial charge in [0.05, 0.1) is 23.8 Å². The highest BCUT2D eigenvalue weighted by Gasteiger charge is 2.14. The van der Waals surface area contributed by atoms with Crippen molar-refractivity contribution in [3.05, 3.63) is 64.6 Å². The molecule has 152 valence electrons. The van der Waals surface area contributed by atoms with E-state index < -0.39 is 11.8 Å². The van der Waals surface area contributed by atoms with Gasteiger partial charge < -0.3 is 4.42 Å². The van der Waals surface area contributed by atoms with Crippen LogP contribution in [0, 0.1) is 0 Å². The molecule has 3 aromatic rings. The van der Waals surface area contributed by atoms with Crippen LogP contribution in [0.1, 0.15) is 30.2 Å². The summed E-state index contributed by atoms with van der Waals surface area (Å²) in [5.74, 6) is -0.378. The number of carbonyl (C=O) groups is 2. The second-order valence-corrected chi connectivity index (χ2v) is 6.42. The normalized spacial score (nSPS) is 11.0. The zero-order chi connectivity index (χ0) is 20.8. The number of furan rings is 1. The van der Waals surface area contributed by atoms with Gasteiger partial charge >= 0.3 is 5.91 Å². The minimum atomic E-state index is -0.576. The topological polar surface area (TPSA) is 109 Å². The lowest BCUT2D eigenvalue weighted by Crippen LogP contribution is -2.44. The molecule has 29 heavy (non-hydrogen) atoms. The molecule has 1 aromatic carbocycles. The first-order valence-electron chi connectivity index (χ1n) is 9.36. The van der Waals surface area contributed by atoms with Gasteiger partial charge in [-0.15, -0.1) is 0 Å². The fraction of sp³-hybridized carbons (Fsp3) is 0.300. The lowest BCUT2D eigenvalue weighted by Gasteiger charge is -2.15. The molecule has 0 aliphatic carbocycles. The number of hydrogen-bond acceptors (Lipinski definition) is 6. The molecule has 0 atom stereocenters. The molecule has 0 fully saturated rings. The fourth-order valence-corrected chi connectivity index (χ4v) is 2.85. The number of benzene rings is 1. The van der Waals surface area contributed by atoms with E-state index in [9.17, 15) is 14.4 Å². The van der Waals surface area contributed by atoms with Gasteiger partial charge in [-0.3, -0.25) is 34.7 Å². The van der Waals surface area contributed by atoms with E-state index in [1.165, 1.54) is 10.9 Å². The van der Waals surface area contributed by atoms with Crippen molar-refractivity contribution in [2.45, 2.75) is 26.9 Å². The number of rotatable bonds is 7. The van der Waals surface area contributed by atoms with Crippen LogP contribution in [0.15, 0.2) is 51.9 Å². The van der Waals surface area contributed by atoms with Crippen LogP contribution in [0.3, 0.4) is 0 Å². The highest BCUT2D eigenvalue weighted by molar-refractivity contribution is 5.93. The van der Waals surface area contributed by atoms with Crippen LogP contribution in [0.5, 0.6) is 0 Å². The quantitative estimate of drug-likeness (QED) is 0.582. The standard InChI is InChI=1S/C20H23N5O4/c1-3-24(4-2)11-14-9-10-17(29-14)19(27)23-22-18(26)12-25-13-21-16-8-6-5-7-15(16)20(25)28/h5-10,13H,3-4,11-12H2,1-2H3,(H,22,26)(H,23,27). The van der Waals surface area contributed by atoms with Crippen LogP contribution < -0.4 is 16.4 Å². The Labute approximate surface area is 167 Å². The van der Waals surface area contributed by atoms with Crippen molar-refractivity contribution in [3.8, 4) is 0 Å². The SMILES string of the molecule is CCN(CC)Cc1ccc(C(=O)NNC(=O)Cn2cnc3ccccc3c2=O)o1. The molecule has 0 saturated carbocycles. The molecular weight excluding hydrogens is 374 g/mol. The van der Waals surface area contributed by atoms with Crippen molar-refractivity contribution < 1.29 is 14.0 Å². The average molecular weight is 397 g/mol. The molecule has 0 bridgehead atoms. The van der Waals surface area contributed by atoms with Crippen LogP contribution in [-0.2, 0) is 17.9 Å². The van der Waals surface area contributed by atoms with Crippen LogP contribution >= 0.6 is 0 Å². The van der Waals surface area contributed by atoms with E-state index in [-0.39, 0.29) is 17.9 Å². The Bertz CT molecular complexity index is 1070. The largest absolute Gasteiger partial charge is 0.454 e. The van der Waals surface area contributed by atoms with Crippen molar-refractivity contribution in [3.63, 3.8) is 0 Å². The van der Waals surface area contributed by atoms with E-state index >= 15 is 0 Å². The minimum absolute atomic E-state index is 0.0944. The highest BCUT2D eigenvalue weighted by atomic mass is 16.4. The maximum absolute atomic E-state index is 12.4. The van der Waals surface area contributed by atoms with Crippen molar-refractivity contribution in [1.82, 2.24) is 25.3 Å². The van der Waals surface area contributed by atoms with E-state index in [2.05, 4.69) is 20.7 Å². The van der Waals surface area contributed by atoms with Crippen molar-refractivity contribution >= 4 is 22.7 Å². The highest BCUT2D eigenvalue weighted by Crippen LogP contribution is 2.10. The molecule has 2 amide bonds. The van der Waals surface area contributed by atoms with Crippen molar-refractivity contribution in [2.75, 3.05) is 13.1 Å². The number of nitrogens with zero attached hydrogens (tertiary/aromatic N) is 3. The molecule has 2 N–H and O–H groups in total. The maximum Gasteiger partial charge on any atom is 0.305 e. The molecule has 3 rings (SSSR count). The zero-order valence-electron chi connectivity index (χ0n) is 16.3. The summed E-state index contributed by atoms with van der Waals surface area (Å²) in [4.78, 5) is 43.0. The lowest BCUT2D eigenvalue weighted by atomic mass is 10.2. The Kier molecular flexibility index (Phi) is 6.40. The first kappa shape index (κ1) is 20.3. The van der Waals surface area contributed by atoms with Crippen LogP contribution in [0.4, 0.5) is 0 Å². The lowest BCUT2D eigenvalue weighted by molar-refractivity contribution is -0.122. The monoisotopic (exact) mass is 397 g/mol. The van der Waals surface area contributed by atoms with Crippen molar-refractivity contribution in [1.29, 1.82) is 0 Å². The zero-order valence-corrected chi connectivity index (χ0v) is 16.3. The van der Waals surface area contributed by atoms with Gasteiger partial charge in [-0.2, -0.15) is 0 Å². The summed E-state index contributed by atoms with van der Waals surface area (Å²) in [6, 6.07) is 10.2. The number of hydrogen-bond donors (Lipinski definition) is 2. The third-order valence-corrected chi connectivity index (χ3v) is 4.52. The molecule has 0 spiro atoms.